The molecule has 0 aliphatic carbocycles. The Morgan fingerprint density at radius 2 is 1.81 bits per heavy atom. The predicted molar refractivity (Wildman–Crippen MR) is 68.3 cm³/mol. The minimum Gasteiger partial charge on any atom is -0.469 e. The molecule has 0 aromatic carbocycles. The number of esters is 1. The molecule has 0 N–H and O–H groups in total. The van der Waals surface area contributed by atoms with Crippen LogP contribution in [0.2, 0.25) is 0 Å². The van der Waals surface area contributed by atoms with Gasteiger partial charge in [0.1, 0.15) is 0 Å². The average Bonchev–Trinajstić information content (AvgIpc) is 2.16. The molecule has 96 valence electrons. The van der Waals surface area contributed by atoms with E-state index < -0.39 is 0 Å². The van der Waals surface area contributed by atoms with Gasteiger partial charge in [-0.05, 0) is 36.5 Å². The normalized spacial score (nSPS) is 13.9. The highest BCUT2D eigenvalue weighted by molar-refractivity contribution is 5.68. The van der Waals surface area contributed by atoms with Crippen LogP contribution in [0.15, 0.2) is 0 Å². The van der Waals surface area contributed by atoms with Crippen molar-refractivity contribution in [2.75, 3.05) is 7.11 Å². The Morgan fingerprint density at radius 3 is 2.25 bits per heavy atom. The highest BCUT2D eigenvalue weighted by atomic mass is 16.5. The fourth-order valence-electron chi connectivity index (χ4n) is 2.06. The standard InChI is InChI=1S/C14H28O2/c1-11(2)10-12(3)14(4,5)9-7-8-13(15)16-6/h11-12H,7-10H2,1-6H3. The van der Waals surface area contributed by atoms with Crippen molar-refractivity contribution in [2.24, 2.45) is 17.3 Å². The summed E-state index contributed by atoms with van der Waals surface area (Å²) in [6.07, 6.45) is 3.83. The second-order valence-corrected chi connectivity index (χ2v) is 5.95. The van der Waals surface area contributed by atoms with Crippen LogP contribution in [0.4, 0.5) is 0 Å². The lowest BCUT2D eigenvalue weighted by Gasteiger charge is -2.33. The summed E-state index contributed by atoms with van der Waals surface area (Å²) in [7, 11) is 1.45. The quantitative estimate of drug-likeness (QED) is 0.615. The van der Waals surface area contributed by atoms with Gasteiger partial charge >= 0.3 is 5.97 Å². The van der Waals surface area contributed by atoms with E-state index in [0.29, 0.717) is 17.8 Å². The van der Waals surface area contributed by atoms with Gasteiger partial charge in [-0.1, -0.05) is 34.6 Å². The molecule has 0 aliphatic heterocycles. The van der Waals surface area contributed by atoms with Crippen molar-refractivity contribution in [3.63, 3.8) is 0 Å². The maximum absolute atomic E-state index is 11.0. The number of rotatable bonds is 7. The van der Waals surface area contributed by atoms with Crippen LogP contribution in [0.3, 0.4) is 0 Å². The fraction of sp³-hybridized carbons (Fsp3) is 0.929. The summed E-state index contributed by atoms with van der Waals surface area (Å²) >= 11 is 0. The maximum Gasteiger partial charge on any atom is 0.305 e. The summed E-state index contributed by atoms with van der Waals surface area (Å²) in [5, 5.41) is 0. The zero-order chi connectivity index (χ0) is 12.8. The molecule has 0 saturated carbocycles. The van der Waals surface area contributed by atoms with E-state index >= 15 is 0 Å². The van der Waals surface area contributed by atoms with Gasteiger partial charge in [-0.2, -0.15) is 0 Å². The molecule has 0 rings (SSSR count). The lowest BCUT2D eigenvalue weighted by Crippen LogP contribution is -2.23. The summed E-state index contributed by atoms with van der Waals surface area (Å²) in [6.45, 7) is 11.5. The van der Waals surface area contributed by atoms with Crippen LogP contribution in [0.1, 0.15) is 60.3 Å². The first kappa shape index (κ1) is 15.5. The number of methoxy groups -OCH3 is 1. The average molecular weight is 228 g/mol. The minimum atomic E-state index is -0.0905. The predicted octanol–water partition coefficient (Wildman–Crippen LogP) is 4.04. The zero-order valence-corrected chi connectivity index (χ0v) is 11.8. The van der Waals surface area contributed by atoms with Gasteiger partial charge in [0.25, 0.3) is 0 Å². The van der Waals surface area contributed by atoms with Crippen molar-refractivity contribution in [2.45, 2.75) is 60.3 Å². The van der Waals surface area contributed by atoms with E-state index in [1.54, 1.807) is 0 Å². The van der Waals surface area contributed by atoms with E-state index in [-0.39, 0.29) is 5.97 Å². The van der Waals surface area contributed by atoms with Crippen LogP contribution in [0.25, 0.3) is 0 Å². The largest absolute Gasteiger partial charge is 0.469 e. The second-order valence-electron chi connectivity index (χ2n) is 5.95. The molecule has 0 bridgehead atoms. The van der Waals surface area contributed by atoms with Crippen LogP contribution >= 0.6 is 0 Å². The monoisotopic (exact) mass is 228 g/mol. The molecular formula is C14H28O2. The Labute approximate surface area is 101 Å². The number of hydrogen-bond acceptors (Lipinski definition) is 2. The van der Waals surface area contributed by atoms with Crippen molar-refractivity contribution < 1.29 is 9.53 Å². The van der Waals surface area contributed by atoms with Gasteiger partial charge in [-0.15, -0.1) is 0 Å². The van der Waals surface area contributed by atoms with Gasteiger partial charge in [-0.3, -0.25) is 4.79 Å². The van der Waals surface area contributed by atoms with Crippen LogP contribution < -0.4 is 0 Å². The van der Waals surface area contributed by atoms with Gasteiger partial charge in [0.15, 0.2) is 0 Å². The van der Waals surface area contributed by atoms with Gasteiger partial charge in [0.05, 0.1) is 7.11 Å². The topological polar surface area (TPSA) is 26.3 Å². The van der Waals surface area contributed by atoms with E-state index in [9.17, 15) is 4.79 Å². The lowest BCUT2D eigenvalue weighted by atomic mass is 9.73. The molecule has 0 aliphatic rings. The Kier molecular flexibility index (Phi) is 6.70. The number of carbonyl (C=O) groups is 1. The lowest BCUT2D eigenvalue weighted by molar-refractivity contribution is -0.140. The molecule has 0 saturated heterocycles. The summed E-state index contributed by atoms with van der Waals surface area (Å²) in [4.78, 5) is 11.0. The third kappa shape index (κ3) is 6.14. The molecule has 0 aromatic rings. The Hall–Kier alpha value is -0.530. The minimum absolute atomic E-state index is 0.0905. The summed E-state index contributed by atoms with van der Waals surface area (Å²) in [5.41, 5.74) is 0.318. The third-order valence-corrected chi connectivity index (χ3v) is 3.59. The van der Waals surface area contributed by atoms with Crippen LogP contribution in [0.5, 0.6) is 0 Å². The van der Waals surface area contributed by atoms with E-state index in [1.807, 2.05) is 0 Å². The van der Waals surface area contributed by atoms with Gasteiger partial charge in [0, 0.05) is 6.42 Å². The molecule has 0 radical (unpaired) electrons. The molecule has 0 heterocycles. The molecule has 16 heavy (non-hydrogen) atoms. The van der Waals surface area contributed by atoms with Gasteiger partial charge in [-0.25, -0.2) is 0 Å². The molecule has 0 fully saturated rings. The molecule has 1 unspecified atom stereocenters. The maximum atomic E-state index is 11.0. The van der Waals surface area contributed by atoms with Crippen molar-refractivity contribution in [3.8, 4) is 0 Å². The molecule has 2 nitrogen and oxygen atoms in total. The first-order chi connectivity index (χ1) is 7.29. The zero-order valence-electron chi connectivity index (χ0n) is 11.8. The van der Waals surface area contributed by atoms with E-state index in [4.69, 9.17) is 0 Å². The molecule has 0 aromatic heterocycles. The van der Waals surface area contributed by atoms with Gasteiger partial charge in [0.2, 0.25) is 0 Å². The Morgan fingerprint density at radius 1 is 1.25 bits per heavy atom. The summed E-state index contributed by atoms with van der Waals surface area (Å²) in [5.74, 6) is 1.35. The number of hydrogen-bond donors (Lipinski definition) is 0. The Balaban J connectivity index is 3.98. The molecule has 0 amide bonds. The molecule has 0 spiro atoms. The highest BCUT2D eigenvalue weighted by Crippen LogP contribution is 2.36. The fourth-order valence-corrected chi connectivity index (χ4v) is 2.06. The van der Waals surface area contributed by atoms with Crippen molar-refractivity contribution in [1.82, 2.24) is 0 Å². The first-order valence-electron chi connectivity index (χ1n) is 6.36. The molecule has 1 atom stereocenters. The van der Waals surface area contributed by atoms with Crippen molar-refractivity contribution in [1.29, 1.82) is 0 Å². The highest BCUT2D eigenvalue weighted by Gasteiger charge is 2.26. The smallest absolute Gasteiger partial charge is 0.305 e. The molecular weight excluding hydrogens is 200 g/mol. The molecule has 2 heteroatoms. The first-order valence-corrected chi connectivity index (χ1v) is 6.36. The van der Waals surface area contributed by atoms with E-state index in [2.05, 4.69) is 39.4 Å². The van der Waals surface area contributed by atoms with Gasteiger partial charge < -0.3 is 4.74 Å². The Bertz CT molecular complexity index is 207. The summed E-state index contributed by atoms with van der Waals surface area (Å²) in [6, 6.07) is 0. The van der Waals surface area contributed by atoms with Crippen molar-refractivity contribution >= 4 is 5.97 Å². The number of ether oxygens (including phenoxy) is 1. The number of carbonyl (C=O) groups excluding carboxylic acids is 1. The third-order valence-electron chi connectivity index (χ3n) is 3.59. The second kappa shape index (κ2) is 6.93. The van der Waals surface area contributed by atoms with E-state index in [0.717, 1.165) is 18.8 Å². The SMILES string of the molecule is COC(=O)CCCC(C)(C)C(C)CC(C)C. The van der Waals surface area contributed by atoms with Crippen LogP contribution in [-0.2, 0) is 9.53 Å². The van der Waals surface area contributed by atoms with Crippen LogP contribution in [-0.4, -0.2) is 13.1 Å². The van der Waals surface area contributed by atoms with Crippen LogP contribution in [0, 0.1) is 17.3 Å². The summed E-state index contributed by atoms with van der Waals surface area (Å²) < 4.78 is 4.65. The van der Waals surface area contributed by atoms with E-state index in [1.165, 1.54) is 13.5 Å². The van der Waals surface area contributed by atoms with Crippen molar-refractivity contribution in [3.05, 3.63) is 0 Å².